The summed E-state index contributed by atoms with van der Waals surface area (Å²) in [6.45, 7) is 3.70. The lowest BCUT2D eigenvalue weighted by atomic mass is 9.78. The van der Waals surface area contributed by atoms with Crippen LogP contribution in [-0.2, 0) is 12.0 Å². The summed E-state index contributed by atoms with van der Waals surface area (Å²) >= 11 is 0. The summed E-state index contributed by atoms with van der Waals surface area (Å²) in [4.78, 5) is 22.8. The molecule has 42 heavy (non-hydrogen) atoms. The lowest BCUT2D eigenvalue weighted by Gasteiger charge is -2.37. The van der Waals surface area contributed by atoms with E-state index in [9.17, 15) is 9.90 Å². The molecule has 5 aromatic rings. The molecule has 8 heteroatoms. The number of para-hydroxylation sites is 1. The molecule has 1 aliphatic carbocycles. The summed E-state index contributed by atoms with van der Waals surface area (Å²) in [5.41, 5.74) is 4.56. The van der Waals surface area contributed by atoms with Crippen molar-refractivity contribution in [2.45, 2.75) is 44.8 Å². The number of H-pyrrole nitrogens is 1. The van der Waals surface area contributed by atoms with E-state index in [0.29, 0.717) is 45.8 Å². The second kappa shape index (κ2) is 11.0. The topological polar surface area (TPSA) is 106 Å². The molecule has 1 aliphatic rings. The first-order valence-corrected chi connectivity index (χ1v) is 14.2. The van der Waals surface area contributed by atoms with Gasteiger partial charge in [0.2, 0.25) is 0 Å². The van der Waals surface area contributed by atoms with Gasteiger partial charge in [0.15, 0.2) is 11.5 Å². The van der Waals surface area contributed by atoms with Gasteiger partial charge in [-0.25, -0.2) is 4.98 Å². The number of carbonyl (C=O) groups excluding carboxylic acids is 1. The highest BCUT2D eigenvalue weighted by Gasteiger charge is 2.40. The normalized spacial score (nSPS) is 16.4. The molecule has 0 fully saturated rings. The first-order valence-electron chi connectivity index (χ1n) is 14.2. The van der Waals surface area contributed by atoms with E-state index in [1.807, 2.05) is 74.5 Å². The van der Waals surface area contributed by atoms with Crippen LogP contribution in [0.3, 0.4) is 0 Å². The number of amides is 1. The summed E-state index contributed by atoms with van der Waals surface area (Å²) in [5, 5.41) is 15.8. The Bertz CT molecular complexity index is 1790. The SMILES string of the molecule is COc1ccc(-c2cc(C(=O)NC3(CO)CCCc4[nH]c5ccccc5c43)c3cc(OC(C)C)ccc3n2)cc1OC. The second-order valence-electron chi connectivity index (χ2n) is 11.0. The Balaban J connectivity index is 1.49. The van der Waals surface area contributed by atoms with E-state index in [-0.39, 0.29) is 18.6 Å². The molecule has 1 atom stereocenters. The number of carbonyl (C=O) groups is 1. The van der Waals surface area contributed by atoms with Crippen molar-refractivity contribution in [2.24, 2.45) is 0 Å². The summed E-state index contributed by atoms with van der Waals surface area (Å²) in [6.07, 6.45) is 2.29. The van der Waals surface area contributed by atoms with Gasteiger partial charge in [-0.1, -0.05) is 18.2 Å². The van der Waals surface area contributed by atoms with Crippen molar-refractivity contribution in [2.75, 3.05) is 20.8 Å². The van der Waals surface area contributed by atoms with E-state index in [4.69, 9.17) is 19.2 Å². The fourth-order valence-corrected chi connectivity index (χ4v) is 6.11. The van der Waals surface area contributed by atoms with E-state index in [0.717, 1.165) is 40.6 Å². The lowest BCUT2D eigenvalue weighted by molar-refractivity contribution is 0.0802. The number of benzene rings is 3. The van der Waals surface area contributed by atoms with Crippen molar-refractivity contribution in [3.05, 3.63) is 83.6 Å². The molecule has 3 aromatic carbocycles. The fraction of sp³-hybridized carbons (Fsp3) is 0.294. The number of aliphatic hydroxyl groups is 1. The number of aryl methyl sites for hydroxylation is 1. The zero-order chi connectivity index (χ0) is 29.4. The minimum absolute atomic E-state index is 0.0288. The van der Waals surface area contributed by atoms with Crippen LogP contribution < -0.4 is 19.5 Å². The Hall–Kier alpha value is -4.56. The van der Waals surface area contributed by atoms with Crippen LogP contribution in [-0.4, -0.2) is 47.9 Å². The second-order valence-corrected chi connectivity index (χ2v) is 11.0. The van der Waals surface area contributed by atoms with Crippen LogP contribution in [0, 0.1) is 0 Å². The van der Waals surface area contributed by atoms with E-state index >= 15 is 0 Å². The smallest absolute Gasteiger partial charge is 0.252 e. The van der Waals surface area contributed by atoms with Crippen molar-refractivity contribution in [1.82, 2.24) is 15.3 Å². The highest BCUT2D eigenvalue weighted by molar-refractivity contribution is 6.08. The van der Waals surface area contributed by atoms with E-state index in [2.05, 4.69) is 10.3 Å². The molecule has 0 saturated carbocycles. The Kier molecular flexibility index (Phi) is 7.24. The fourth-order valence-electron chi connectivity index (χ4n) is 6.11. The van der Waals surface area contributed by atoms with Gasteiger partial charge in [-0.3, -0.25) is 4.79 Å². The van der Waals surface area contributed by atoms with Crippen molar-refractivity contribution in [3.63, 3.8) is 0 Å². The third kappa shape index (κ3) is 4.81. The van der Waals surface area contributed by atoms with Gasteiger partial charge in [0.1, 0.15) is 5.75 Å². The Morgan fingerprint density at radius 3 is 2.60 bits per heavy atom. The largest absolute Gasteiger partial charge is 0.493 e. The van der Waals surface area contributed by atoms with Gasteiger partial charge < -0.3 is 29.6 Å². The molecule has 2 aromatic heterocycles. The highest BCUT2D eigenvalue weighted by atomic mass is 16.5. The van der Waals surface area contributed by atoms with Gasteiger partial charge in [-0.15, -0.1) is 0 Å². The van der Waals surface area contributed by atoms with Gasteiger partial charge in [-0.05, 0) is 81.6 Å². The molecule has 3 N–H and O–H groups in total. The minimum Gasteiger partial charge on any atom is -0.493 e. The molecule has 0 saturated heterocycles. The quantitative estimate of drug-likeness (QED) is 0.209. The number of nitrogens with one attached hydrogen (secondary N) is 2. The van der Waals surface area contributed by atoms with Crippen LogP contribution in [0.4, 0.5) is 0 Å². The van der Waals surface area contributed by atoms with Crippen LogP contribution in [0.15, 0.2) is 66.7 Å². The van der Waals surface area contributed by atoms with Crippen LogP contribution in [0.1, 0.15) is 48.3 Å². The zero-order valence-electron chi connectivity index (χ0n) is 24.3. The predicted octanol–water partition coefficient (Wildman–Crippen LogP) is 6.14. The van der Waals surface area contributed by atoms with Crippen LogP contribution >= 0.6 is 0 Å². The molecule has 8 nitrogen and oxygen atoms in total. The number of rotatable bonds is 8. The maximum absolute atomic E-state index is 14.4. The number of fused-ring (bicyclic) bond motifs is 4. The number of aromatic nitrogens is 2. The molecule has 0 spiro atoms. The van der Waals surface area contributed by atoms with Gasteiger partial charge in [0.25, 0.3) is 5.91 Å². The van der Waals surface area contributed by atoms with E-state index in [1.54, 1.807) is 20.3 Å². The highest BCUT2D eigenvalue weighted by Crippen LogP contribution is 2.41. The van der Waals surface area contributed by atoms with Gasteiger partial charge >= 0.3 is 0 Å². The third-order valence-electron chi connectivity index (χ3n) is 7.99. The maximum atomic E-state index is 14.4. The number of pyridine rings is 1. The number of aliphatic hydroxyl groups excluding tert-OH is 1. The van der Waals surface area contributed by atoms with Crippen molar-refractivity contribution in [1.29, 1.82) is 0 Å². The Morgan fingerprint density at radius 1 is 1.02 bits per heavy atom. The van der Waals surface area contributed by atoms with Crippen molar-refractivity contribution in [3.8, 4) is 28.5 Å². The van der Waals surface area contributed by atoms with Gasteiger partial charge in [0.05, 0.1) is 49.2 Å². The van der Waals surface area contributed by atoms with Crippen LogP contribution in [0.5, 0.6) is 17.2 Å². The number of hydrogen-bond acceptors (Lipinski definition) is 6. The van der Waals surface area contributed by atoms with Crippen molar-refractivity contribution < 1.29 is 24.1 Å². The zero-order valence-corrected chi connectivity index (χ0v) is 24.3. The van der Waals surface area contributed by atoms with Gasteiger partial charge in [-0.2, -0.15) is 0 Å². The average Bonchev–Trinajstić information content (AvgIpc) is 3.39. The lowest BCUT2D eigenvalue weighted by Crippen LogP contribution is -2.50. The van der Waals surface area contributed by atoms with Crippen LogP contribution in [0.2, 0.25) is 0 Å². The summed E-state index contributed by atoms with van der Waals surface area (Å²) in [6, 6.07) is 21.0. The monoisotopic (exact) mass is 565 g/mol. The molecule has 6 rings (SSSR count). The summed E-state index contributed by atoms with van der Waals surface area (Å²) in [7, 11) is 3.18. The predicted molar refractivity (Wildman–Crippen MR) is 164 cm³/mol. The molecule has 1 unspecified atom stereocenters. The van der Waals surface area contributed by atoms with Gasteiger partial charge in [0, 0.05) is 33.1 Å². The molecule has 2 heterocycles. The van der Waals surface area contributed by atoms with Crippen LogP contribution in [0.25, 0.3) is 33.1 Å². The standard InChI is InChI=1S/C34H35N3O5/c1-20(2)42-22-12-13-27-24(17-22)25(18-29(36-27)21-11-14-30(40-3)31(16-21)41-4)33(39)37-34(19-38)15-7-10-28-32(34)23-8-5-6-9-26(23)35-28/h5-6,8-9,11-14,16-18,20,35,38H,7,10,15,19H2,1-4H3,(H,37,39). The van der Waals surface area contributed by atoms with E-state index in [1.165, 1.54) is 0 Å². The third-order valence-corrected chi connectivity index (χ3v) is 7.99. The molecule has 0 radical (unpaired) electrons. The maximum Gasteiger partial charge on any atom is 0.252 e. The van der Waals surface area contributed by atoms with Crippen molar-refractivity contribution >= 4 is 27.7 Å². The molecular formula is C34H35N3O5. The number of aromatic amines is 1. The summed E-state index contributed by atoms with van der Waals surface area (Å²) in [5.74, 6) is 1.53. The molecular weight excluding hydrogens is 530 g/mol. The number of methoxy groups -OCH3 is 2. The minimum atomic E-state index is -0.935. The molecule has 216 valence electrons. The number of nitrogens with zero attached hydrogens (tertiary/aromatic N) is 1. The molecule has 1 amide bonds. The molecule has 0 aliphatic heterocycles. The summed E-state index contributed by atoms with van der Waals surface area (Å²) < 4.78 is 16.9. The number of hydrogen-bond donors (Lipinski definition) is 3. The first kappa shape index (κ1) is 27.6. The van der Waals surface area contributed by atoms with E-state index < -0.39 is 5.54 Å². The average molecular weight is 566 g/mol. The number of ether oxygens (including phenoxy) is 3. The Morgan fingerprint density at radius 2 is 1.83 bits per heavy atom. The first-order chi connectivity index (χ1) is 20.4. The molecule has 0 bridgehead atoms. The Labute approximate surface area is 244 Å².